The van der Waals surface area contributed by atoms with Crippen molar-refractivity contribution >= 4 is 11.3 Å². The number of rotatable bonds is 5. The second-order valence-electron chi connectivity index (χ2n) is 6.29. The molecule has 2 fully saturated rings. The van der Waals surface area contributed by atoms with Gasteiger partial charge in [-0.15, -0.1) is 11.3 Å². The fourth-order valence-corrected chi connectivity index (χ4v) is 4.23. The Bertz CT molecular complexity index is 395. The van der Waals surface area contributed by atoms with Gasteiger partial charge in [0.1, 0.15) is 0 Å². The van der Waals surface area contributed by atoms with Crippen LogP contribution < -0.4 is 5.32 Å². The van der Waals surface area contributed by atoms with Crippen LogP contribution in [0.3, 0.4) is 0 Å². The van der Waals surface area contributed by atoms with Gasteiger partial charge in [0.25, 0.3) is 0 Å². The zero-order valence-electron chi connectivity index (χ0n) is 11.6. The van der Waals surface area contributed by atoms with Crippen molar-refractivity contribution in [3.05, 3.63) is 15.6 Å². The van der Waals surface area contributed by atoms with Crippen LogP contribution in [0.5, 0.6) is 0 Å². The minimum absolute atomic E-state index is 0.513. The number of hydrogen-bond donors (Lipinski definition) is 1. The molecule has 1 aromatic rings. The van der Waals surface area contributed by atoms with E-state index in [1.165, 1.54) is 67.1 Å². The maximum absolute atomic E-state index is 4.75. The van der Waals surface area contributed by atoms with Gasteiger partial charge in [0, 0.05) is 23.9 Å². The molecule has 2 aliphatic carbocycles. The van der Waals surface area contributed by atoms with Gasteiger partial charge in [-0.25, -0.2) is 4.98 Å². The molecular weight excluding hydrogens is 240 g/mol. The standard InChI is InChI=1S/C15H24N2S/c1-11-12(2)18-14(17-11)9-15(7-3-4-8-15)10-16-13-5-6-13/h13,16H,3-10H2,1-2H3. The van der Waals surface area contributed by atoms with Crippen molar-refractivity contribution < 1.29 is 0 Å². The molecule has 0 aromatic carbocycles. The van der Waals surface area contributed by atoms with Crippen molar-refractivity contribution in [2.75, 3.05) is 6.54 Å². The minimum atomic E-state index is 0.513. The molecule has 1 N–H and O–H groups in total. The van der Waals surface area contributed by atoms with Gasteiger partial charge in [-0.05, 0) is 44.9 Å². The third-order valence-electron chi connectivity index (χ3n) is 4.61. The maximum Gasteiger partial charge on any atom is 0.0936 e. The predicted molar refractivity (Wildman–Crippen MR) is 77.2 cm³/mol. The summed E-state index contributed by atoms with van der Waals surface area (Å²) in [4.78, 5) is 6.15. The Morgan fingerprint density at radius 2 is 2.00 bits per heavy atom. The van der Waals surface area contributed by atoms with Crippen LogP contribution in [0.1, 0.15) is 54.1 Å². The van der Waals surface area contributed by atoms with Crippen molar-refractivity contribution in [3.8, 4) is 0 Å². The summed E-state index contributed by atoms with van der Waals surface area (Å²) in [5.74, 6) is 0. The minimum Gasteiger partial charge on any atom is -0.313 e. The van der Waals surface area contributed by atoms with Crippen LogP contribution in [0.4, 0.5) is 0 Å². The SMILES string of the molecule is Cc1nc(CC2(CNC3CC3)CCCC2)sc1C. The Hall–Kier alpha value is -0.410. The van der Waals surface area contributed by atoms with E-state index in [9.17, 15) is 0 Å². The Morgan fingerprint density at radius 3 is 2.56 bits per heavy atom. The molecule has 0 bridgehead atoms. The molecule has 18 heavy (non-hydrogen) atoms. The highest BCUT2D eigenvalue weighted by Gasteiger charge is 2.36. The van der Waals surface area contributed by atoms with E-state index in [1.807, 2.05) is 11.3 Å². The molecule has 2 saturated carbocycles. The molecule has 0 unspecified atom stereocenters. The van der Waals surface area contributed by atoms with E-state index in [0.717, 1.165) is 6.04 Å². The second kappa shape index (κ2) is 4.93. The van der Waals surface area contributed by atoms with Gasteiger partial charge >= 0.3 is 0 Å². The van der Waals surface area contributed by atoms with E-state index < -0.39 is 0 Å². The lowest BCUT2D eigenvalue weighted by atomic mass is 9.83. The average Bonchev–Trinajstić information content (AvgIpc) is 2.98. The van der Waals surface area contributed by atoms with E-state index in [4.69, 9.17) is 4.98 Å². The third kappa shape index (κ3) is 2.77. The normalized spacial score (nSPS) is 22.6. The van der Waals surface area contributed by atoms with Crippen molar-refractivity contribution in [2.24, 2.45) is 5.41 Å². The van der Waals surface area contributed by atoms with E-state index in [0.29, 0.717) is 5.41 Å². The van der Waals surface area contributed by atoms with E-state index in [1.54, 1.807) is 0 Å². The molecule has 1 heterocycles. The Kier molecular flexibility index (Phi) is 3.46. The molecule has 0 radical (unpaired) electrons. The molecule has 3 rings (SSSR count). The van der Waals surface area contributed by atoms with Crippen molar-refractivity contribution in [2.45, 2.75) is 64.8 Å². The fraction of sp³-hybridized carbons (Fsp3) is 0.800. The van der Waals surface area contributed by atoms with E-state index in [2.05, 4.69) is 19.2 Å². The molecule has 3 heteroatoms. The summed E-state index contributed by atoms with van der Waals surface area (Å²) < 4.78 is 0. The van der Waals surface area contributed by atoms with Crippen LogP contribution in [0.25, 0.3) is 0 Å². The van der Waals surface area contributed by atoms with E-state index >= 15 is 0 Å². The monoisotopic (exact) mass is 264 g/mol. The average molecular weight is 264 g/mol. The summed E-state index contributed by atoms with van der Waals surface area (Å²) >= 11 is 1.91. The summed E-state index contributed by atoms with van der Waals surface area (Å²) in [5.41, 5.74) is 1.75. The molecular formula is C15H24N2S. The summed E-state index contributed by atoms with van der Waals surface area (Å²) in [6, 6.07) is 0.835. The molecule has 2 aliphatic rings. The van der Waals surface area contributed by atoms with Gasteiger partial charge in [0.15, 0.2) is 0 Å². The zero-order valence-corrected chi connectivity index (χ0v) is 12.4. The smallest absolute Gasteiger partial charge is 0.0936 e. The number of hydrogen-bond acceptors (Lipinski definition) is 3. The first kappa shape index (κ1) is 12.6. The first-order valence-corrected chi connectivity index (χ1v) is 8.15. The first-order chi connectivity index (χ1) is 8.67. The number of nitrogens with one attached hydrogen (secondary N) is 1. The molecule has 0 spiro atoms. The van der Waals surface area contributed by atoms with Gasteiger partial charge in [-0.1, -0.05) is 12.8 Å². The highest BCUT2D eigenvalue weighted by molar-refractivity contribution is 7.11. The lowest BCUT2D eigenvalue weighted by Crippen LogP contribution is -2.35. The lowest BCUT2D eigenvalue weighted by Gasteiger charge is -2.28. The van der Waals surface area contributed by atoms with Crippen molar-refractivity contribution in [1.82, 2.24) is 10.3 Å². The third-order valence-corrected chi connectivity index (χ3v) is 5.68. The van der Waals surface area contributed by atoms with Crippen LogP contribution in [0.2, 0.25) is 0 Å². The highest BCUT2D eigenvalue weighted by atomic mass is 32.1. The Labute approximate surface area is 114 Å². The van der Waals surface area contributed by atoms with E-state index in [-0.39, 0.29) is 0 Å². The molecule has 0 atom stereocenters. The summed E-state index contributed by atoms with van der Waals surface area (Å²) in [7, 11) is 0. The van der Waals surface area contributed by atoms with Crippen LogP contribution in [0, 0.1) is 19.3 Å². The first-order valence-electron chi connectivity index (χ1n) is 7.33. The summed E-state index contributed by atoms with van der Waals surface area (Å²) in [5, 5.41) is 5.12. The highest BCUT2D eigenvalue weighted by Crippen LogP contribution is 2.42. The fourth-order valence-electron chi connectivity index (χ4n) is 3.12. The van der Waals surface area contributed by atoms with Gasteiger partial charge in [0.05, 0.1) is 10.7 Å². The molecule has 100 valence electrons. The number of nitrogens with zero attached hydrogens (tertiary/aromatic N) is 1. The van der Waals surface area contributed by atoms with Gasteiger partial charge in [-0.3, -0.25) is 0 Å². The number of aryl methyl sites for hydroxylation is 2. The predicted octanol–water partition coefficient (Wildman–Crippen LogP) is 3.61. The molecule has 1 aromatic heterocycles. The second-order valence-corrected chi connectivity index (χ2v) is 7.58. The van der Waals surface area contributed by atoms with Gasteiger partial charge in [0.2, 0.25) is 0 Å². The van der Waals surface area contributed by atoms with Gasteiger partial charge < -0.3 is 5.32 Å². The largest absolute Gasteiger partial charge is 0.313 e. The zero-order chi connectivity index (χ0) is 12.6. The molecule has 0 saturated heterocycles. The molecule has 0 aliphatic heterocycles. The summed E-state index contributed by atoms with van der Waals surface area (Å²) in [6.45, 7) is 5.55. The molecule has 0 amide bonds. The summed E-state index contributed by atoms with van der Waals surface area (Å²) in [6.07, 6.45) is 9.60. The van der Waals surface area contributed by atoms with Crippen molar-refractivity contribution in [1.29, 1.82) is 0 Å². The maximum atomic E-state index is 4.75. The number of aromatic nitrogens is 1. The van der Waals surface area contributed by atoms with Crippen molar-refractivity contribution in [3.63, 3.8) is 0 Å². The topological polar surface area (TPSA) is 24.9 Å². The molecule has 2 nitrogen and oxygen atoms in total. The van der Waals surface area contributed by atoms with Gasteiger partial charge in [-0.2, -0.15) is 0 Å². The van der Waals surface area contributed by atoms with Crippen LogP contribution >= 0.6 is 11.3 Å². The van der Waals surface area contributed by atoms with Crippen LogP contribution in [-0.4, -0.2) is 17.6 Å². The van der Waals surface area contributed by atoms with Crippen LogP contribution in [-0.2, 0) is 6.42 Å². The quantitative estimate of drug-likeness (QED) is 0.878. The Balaban J connectivity index is 1.68. The van der Waals surface area contributed by atoms with Crippen LogP contribution in [0.15, 0.2) is 0 Å². The lowest BCUT2D eigenvalue weighted by molar-refractivity contribution is 0.276. The Morgan fingerprint density at radius 1 is 1.28 bits per heavy atom. The number of thiazole rings is 1.